The van der Waals surface area contributed by atoms with Crippen molar-refractivity contribution in [3.05, 3.63) is 18.7 Å². The molecule has 6 heteroatoms. The highest BCUT2D eigenvalue weighted by molar-refractivity contribution is 5.79. The first-order chi connectivity index (χ1) is 7.83. The molecular weight excluding hydrogens is 206 g/mol. The summed E-state index contributed by atoms with van der Waals surface area (Å²) in [6, 6.07) is 0. The third-order valence-electron chi connectivity index (χ3n) is 2.27. The van der Waals surface area contributed by atoms with E-state index in [2.05, 4.69) is 20.0 Å². The molecule has 0 aliphatic rings. The van der Waals surface area contributed by atoms with Gasteiger partial charge in [0.05, 0.1) is 6.33 Å². The Labute approximate surface area is 95.2 Å². The van der Waals surface area contributed by atoms with Crippen molar-refractivity contribution < 1.29 is 5.21 Å². The lowest BCUT2D eigenvalue weighted by molar-refractivity contribution is 0.316. The fraction of sp³-hybridized carbons (Fsp3) is 0.600. The van der Waals surface area contributed by atoms with E-state index in [9.17, 15) is 0 Å². The number of nitrogens with two attached hydrogens (primary N) is 1. The van der Waals surface area contributed by atoms with Crippen LogP contribution in [-0.2, 0) is 6.54 Å². The number of imidazole rings is 1. The molecule has 0 aliphatic carbocycles. The normalized spacial score (nSPS) is 11.9. The van der Waals surface area contributed by atoms with E-state index >= 15 is 0 Å². The van der Waals surface area contributed by atoms with E-state index in [1.807, 2.05) is 12.5 Å². The summed E-state index contributed by atoms with van der Waals surface area (Å²) in [7, 11) is 0. The zero-order chi connectivity index (χ0) is 11.6. The SMILES string of the molecule is NC(CCNCCCCn1ccnc1)=NO. The zero-order valence-corrected chi connectivity index (χ0v) is 9.34. The molecule has 0 saturated heterocycles. The van der Waals surface area contributed by atoms with Gasteiger partial charge < -0.3 is 20.8 Å². The monoisotopic (exact) mass is 225 g/mol. The molecule has 16 heavy (non-hydrogen) atoms. The molecule has 0 radical (unpaired) electrons. The molecule has 6 nitrogen and oxygen atoms in total. The van der Waals surface area contributed by atoms with Gasteiger partial charge in [0.1, 0.15) is 5.84 Å². The van der Waals surface area contributed by atoms with Crippen LogP contribution in [0.15, 0.2) is 23.9 Å². The molecule has 0 fully saturated rings. The molecule has 4 N–H and O–H groups in total. The zero-order valence-electron chi connectivity index (χ0n) is 9.34. The Morgan fingerprint density at radius 1 is 1.44 bits per heavy atom. The third-order valence-corrected chi connectivity index (χ3v) is 2.27. The van der Waals surface area contributed by atoms with Crippen LogP contribution in [0.2, 0.25) is 0 Å². The quantitative estimate of drug-likeness (QED) is 0.196. The molecule has 0 atom stereocenters. The molecule has 90 valence electrons. The second kappa shape index (κ2) is 7.70. The van der Waals surface area contributed by atoms with Gasteiger partial charge >= 0.3 is 0 Å². The summed E-state index contributed by atoms with van der Waals surface area (Å²) in [5.74, 6) is 0.269. The summed E-state index contributed by atoms with van der Waals surface area (Å²) in [6.45, 7) is 2.70. The van der Waals surface area contributed by atoms with E-state index in [1.54, 1.807) is 6.20 Å². The number of rotatable bonds is 8. The summed E-state index contributed by atoms with van der Waals surface area (Å²) in [4.78, 5) is 3.98. The van der Waals surface area contributed by atoms with Crippen LogP contribution in [0.25, 0.3) is 0 Å². The van der Waals surface area contributed by atoms with Crippen LogP contribution in [0.4, 0.5) is 0 Å². The maximum absolute atomic E-state index is 8.31. The van der Waals surface area contributed by atoms with Crippen molar-refractivity contribution in [1.82, 2.24) is 14.9 Å². The lowest BCUT2D eigenvalue weighted by Crippen LogP contribution is -2.23. The molecule has 0 aliphatic heterocycles. The second-order valence-electron chi connectivity index (χ2n) is 3.60. The topological polar surface area (TPSA) is 88.5 Å². The second-order valence-corrected chi connectivity index (χ2v) is 3.60. The first-order valence-corrected chi connectivity index (χ1v) is 5.46. The van der Waals surface area contributed by atoms with Crippen molar-refractivity contribution in [3.63, 3.8) is 0 Å². The van der Waals surface area contributed by atoms with Gasteiger partial charge in [-0.3, -0.25) is 0 Å². The molecule has 0 unspecified atom stereocenters. The van der Waals surface area contributed by atoms with Gasteiger partial charge in [0.2, 0.25) is 0 Å². The number of unbranched alkanes of at least 4 members (excludes halogenated alkanes) is 1. The Morgan fingerprint density at radius 2 is 2.31 bits per heavy atom. The number of nitrogens with one attached hydrogen (secondary N) is 1. The maximum Gasteiger partial charge on any atom is 0.140 e. The van der Waals surface area contributed by atoms with Crippen LogP contribution in [0, 0.1) is 0 Å². The van der Waals surface area contributed by atoms with Crippen molar-refractivity contribution in [2.75, 3.05) is 13.1 Å². The Hall–Kier alpha value is -1.56. The summed E-state index contributed by atoms with van der Waals surface area (Å²) < 4.78 is 2.07. The van der Waals surface area contributed by atoms with E-state index in [-0.39, 0.29) is 5.84 Å². The van der Waals surface area contributed by atoms with E-state index in [1.165, 1.54) is 0 Å². The Balaban J connectivity index is 1.89. The Morgan fingerprint density at radius 3 is 3.00 bits per heavy atom. The number of hydrogen-bond acceptors (Lipinski definition) is 4. The number of nitrogens with zero attached hydrogens (tertiary/aromatic N) is 3. The lowest BCUT2D eigenvalue weighted by atomic mass is 10.3. The molecule has 1 aromatic rings. The first kappa shape index (κ1) is 12.5. The first-order valence-electron chi connectivity index (χ1n) is 5.46. The molecule has 1 heterocycles. The molecule has 0 spiro atoms. The highest BCUT2D eigenvalue weighted by Gasteiger charge is 1.93. The van der Waals surface area contributed by atoms with E-state index in [4.69, 9.17) is 10.9 Å². The van der Waals surface area contributed by atoms with Gasteiger partial charge in [0, 0.05) is 31.9 Å². The van der Waals surface area contributed by atoms with Gasteiger partial charge in [-0.25, -0.2) is 4.98 Å². The fourth-order valence-electron chi connectivity index (χ4n) is 1.35. The highest BCUT2D eigenvalue weighted by Crippen LogP contribution is 1.93. The molecule has 1 aromatic heterocycles. The number of oxime groups is 1. The van der Waals surface area contributed by atoms with E-state index < -0.39 is 0 Å². The van der Waals surface area contributed by atoms with Gasteiger partial charge in [-0.1, -0.05) is 5.16 Å². The summed E-state index contributed by atoms with van der Waals surface area (Å²) in [5, 5.41) is 14.4. The summed E-state index contributed by atoms with van der Waals surface area (Å²) in [5.41, 5.74) is 5.33. The van der Waals surface area contributed by atoms with Gasteiger partial charge in [0.15, 0.2) is 0 Å². The largest absolute Gasteiger partial charge is 0.409 e. The molecular formula is C10H19N5O. The molecule has 0 saturated carbocycles. The van der Waals surface area contributed by atoms with Crippen LogP contribution in [0.5, 0.6) is 0 Å². The van der Waals surface area contributed by atoms with Gasteiger partial charge in [-0.05, 0) is 19.4 Å². The van der Waals surface area contributed by atoms with Gasteiger partial charge in [0.25, 0.3) is 0 Å². The lowest BCUT2D eigenvalue weighted by Gasteiger charge is -2.04. The summed E-state index contributed by atoms with van der Waals surface area (Å²) in [6.07, 6.45) is 8.38. The third kappa shape index (κ3) is 5.35. The van der Waals surface area contributed by atoms with Crippen molar-refractivity contribution in [2.24, 2.45) is 10.9 Å². The smallest absolute Gasteiger partial charge is 0.140 e. The number of hydrogen-bond donors (Lipinski definition) is 3. The standard InChI is InChI=1S/C10H19N5O/c11-10(14-16)3-5-12-4-1-2-7-15-8-6-13-9-15/h6,8-9,12,16H,1-5,7H2,(H2,11,14). The van der Waals surface area contributed by atoms with Crippen LogP contribution in [0.3, 0.4) is 0 Å². The highest BCUT2D eigenvalue weighted by atomic mass is 16.4. The minimum absolute atomic E-state index is 0.269. The molecule has 1 rings (SSSR count). The fourth-order valence-corrected chi connectivity index (χ4v) is 1.35. The predicted molar refractivity (Wildman–Crippen MR) is 62.4 cm³/mol. The molecule has 0 amide bonds. The van der Waals surface area contributed by atoms with Crippen molar-refractivity contribution in [1.29, 1.82) is 0 Å². The number of amidine groups is 1. The molecule has 0 aromatic carbocycles. The predicted octanol–water partition coefficient (Wildman–Crippen LogP) is 0.389. The number of aromatic nitrogens is 2. The number of aryl methyl sites for hydroxylation is 1. The molecule has 0 bridgehead atoms. The maximum atomic E-state index is 8.31. The average Bonchev–Trinajstić information content (AvgIpc) is 2.80. The Bertz CT molecular complexity index is 296. The van der Waals surface area contributed by atoms with Crippen molar-refractivity contribution in [2.45, 2.75) is 25.8 Å². The minimum atomic E-state index is 0.269. The Kier molecular flexibility index (Phi) is 6.02. The van der Waals surface area contributed by atoms with E-state index in [0.717, 1.165) is 32.5 Å². The van der Waals surface area contributed by atoms with Crippen molar-refractivity contribution >= 4 is 5.84 Å². The van der Waals surface area contributed by atoms with Crippen LogP contribution < -0.4 is 11.1 Å². The van der Waals surface area contributed by atoms with Crippen molar-refractivity contribution in [3.8, 4) is 0 Å². The van der Waals surface area contributed by atoms with Crippen LogP contribution >= 0.6 is 0 Å². The van der Waals surface area contributed by atoms with E-state index in [0.29, 0.717) is 6.42 Å². The van der Waals surface area contributed by atoms with Crippen LogP contribution in [0.1, 0.15) is 19.3 Å². The van der Waals surface area contributed by atoms with Crippen LogP contribution in [-0.4, -0.2) is 33.7 Å². The summed E-state index contributed by atoms with van der Waals surface area (Å²) >= 11 is 0. The van der Waals surface area contributed by atoms with Gasteiger partial charge in [-0.2, -0.15) is 0 Å². The van der Waals surface area contributed by atoms with Gasteiger partial charge in [-0.15, -0.1) is 0 Å². The minimum Gasteiger partial charge on any atom is -0.409 e. The average molecular weight is 225 g/mol.